The largest absolute Gasteiger partial charge is 2.00 e. The van der Waals surface area contributed by atoms with E-state index in [0.717, 1.165) is 0 Å². The van der Waals surface area contributed by atoms with Gasteiger partial charge in [-0.25, -0.2) is 4.79 Å². The third-order valence-corrected chi connectivity index (χ3v) is 2.37. The van der Waals surface area contributed by atoms with Crippen molar-refractivity contribution < 1.29 is 41.7 Å². The summed E-state index contributed by atoms with van der Waals surface area (Å²) in [7, 11) is 0. The number of hydrogen-bond acceptors (Lipinski definition) is 6. The number of aliphatic imine (C=N–C) groups is 1. The molecule has 0 aliphatic carbocycles. The number of carboxylic acids is 2. The second kappa shape index (κ2) is 10.4. The van der Waals surface area contributed by atoms with E-state index in [1.54, 1.807) is 0 Å². The molecule has 8 heteroatoms. The van der Waals surface area contributed by atoms with Gasteiger partial charge < -0.3 is 20.1 Å². The Morgan fingerprint density at radius 1 is 1.35 bits per heavy atom. The molecule has 0 saturated heterocycles. The molecule has 0 fully saturated rings. The minimum atomic E-state index is -1.35. The van der Waals surface area contributed by atoms with Gasteiger partial charge in [-0.2, -0.15) is 11.8 Å². The summed E-state index contributed by atoms with van der Waals surface area (Å²) in [5, 5.41) is 29.9. The average Bonchev–Trinajstić information content (AvgIpc) is 2.20. The van der Waals surface area contributed by atoms with Crippen molar-refractivity contribution in [2.45, 2.75) is 25.3 Å². The SMILES string of the molecule is CSCCC(N=C([O-])CCC(=O)[O-])C(=O)O.[Co+2]. The maximum atomic E-state index is 11.1. The predicted octanol–water partition coefficient (Wildman–Crippen LogP) is -1.52. The van der Waals surface area contributed by atoms with E-state index in [4.69, 9.17) is 5.11 Å². The summed E-state index contributed by atoms with van der Waals surface area (Å²) in [4.78, 5) is 24.2. The van der Waals surface area contributed by atoms with Crippen molar-refractivity contribution in [3.05, 3.63) is 0 Å². The number of rotatable bonds is 8. The molecule has 1 radical (unpaired) electrons. The number of thioether (sulfide) groups is 1. The van der Waals surface area contributed by atoms with Gasteiger partial charge in [0, 0.05) is 5.97 Å². The molecule has 0 amide bonds. The molecule has 0 aromatic heterocycles. The zero-order valence-electron chi connectivity index (χ0n) is 9.17. The first kappa shape index (κ1) is 18.6. The zero-order chi connectivity index (χ0) is 12.6. The van der Waals surface area contributed by atoms with Gasteiger partial charge in [0.2, 0.25) is 0 Å². The number of carbonyl (C=O) groups excluding carboxylic acids is 1. The van der Waals surface area contributed by atoms with Crippen LogP contribution in [0.15, 0.2) is 4.99 Å². The summed E-state index contributed by atoms with van der Waals surface area (Å²) in [6, 6.07) is -1.08. The Morgan fingerprint density at radius 3 is 2.35 bits per heavy atom. The minimum absolute atomic E-state index is 0. The van der Waals surface area contributed by atoms with Crippen LogP contribution in [-0.4, -0.2) is 41.0 Å². The maximum absolute atomic E-state index is 11.1. The van der Waals surface area contributed by atoms with Gasteiger partial charge in [0.1, 0.15) is 6.04 Å². The molecular weight excluding hydrogens is 293 g/mol. The zero-order valence-corrected chi connectivity index (χ0v) is 11.0. The fourth-order valence-corrected chi connectivity index (χ4v) is 1.38. The van der Waals surface area contributed by atoms with Gasteiger partial charge in [-0.15, -0.1) is 0 Å². The van der Waals surface area contributed by atoms with E-state index in [2.05, 4.69) is 4.99 Å². The Hall–Kier alpha value is -0.734. The number of nitrogens with zero attached hydrogens (tertiary/aromatic N) is 1. The Morgan fingerprint density at radius 2 is 1.94 bits per heavy atom. The van der Waals surface area contributed by atoms with Gasteiger partial charge >= 0.3 is 22.7 Å². The van der Waals surface area contributed by atoms with Gasteiger partial charge in [0.15, 0.2) is 0 Å². The quantitative estimate of drug-likeness (QED) is 0.430. The predicted molar refractivity (Wildman–Crippen MR) is 56.1 cm³/mol. The second-order valence-corrected chi connectivity index (χ2v) is 4.02. The molecule has 0 aromatic carbocycles. The molecular formula is C9H13CoNO5S. The number of carboxylic acid groups (broad SMARTS) is 2. The van der Waals surface area contributed by atoms with Crippen LogP contribution in [0.25, 0.3) is 0 Å². The summed E-state index contributed by atoms with van der Waals surface area (Å²) < 4.78 is 0. The Kier molecular flexibility index (Phi) is 11.4. The first-order valence-electron chi connectivity index (χ1n) is 4.62. The molecule has 0 spiro atoms. The van der Waals surface area contributed by atoms with Crippen molar-refractivity contribution in [1.29, 1.82) is 0 Å². The second-order valence-electron chi connectivity index (χ2n) is 3.03. The van der Waals surface area contributed by atoms with Crippen molar-refractivity contribution in [1.82, 2.24) is 0 Å². The van der Waals surface area contributed by atoms with Gasteiger partial charge in [-0.1, -0.05) is 0 Å². The van der Waals surface area contributed by atoms with E-state index < -0.39 is 30.3 Å². The molecule has 1 N–H and O–H groups in total. The third kappa shape index (κ3) is 10.2. The number of carbonyl (C=O) groups is 2. The molecule has 0 rings (SSSR count). The molecule has 0 saturated carbocycles. The van der Waals surface area contributed by atoms with Crippen LogP contribution in [0.5, 0.6) is 0 Å². The van der Waals surface area contributed by atoms with E-state index in [1.165, 1.54) is 11.8 Å². The molecule has 6 nitrogen and oxygen atoms in total. The molecule has 0 aromatic rings. The van der Waals surface area contributed by atoms with E-state index in [9.17, 15) is 19.8 Å². The van der Waals surface area contributed by atoms with Gasteiger partial charge in [-0.3, -0.25) is 4.99 Å². The molecule has 1 atom stereocenters. The van der Waals surface area contributed by atoms with Crippen LogP contribution in [0.4, 0.5) is 0 Å². The number of hydrogen-bond donors (Lipinski definition) is 1. The first-order valence-corrected chi connectivity index (χ1v) is 6.02. The van der Waals surface area contributed by atoms with Crippen LogP contribution in [0, 0.1) is 0 Å². The standard InChI is InChI=1S/C9H15NO5S.Co/c1-16-5-4-6(9(14)15)10-7(11)2-3-8(12)13;/h6H,2-5H2,1H3,(H,10,11)(H,12,13)(H,14,15);/q;+2/p-2. The average molecular weight is 306 g/mol. The molecule has 1 unspecified atom stereocenters. The Labute approximate surface area is 114 Å². The van der Waals surface area contributed by atoms with Gasteiger partial charge in [0.25, 0.3) is 0 Å². The van der Waals surface area contributed by atoms with Crippen molar-refractivity contribution in [2.75, 3.05) is 12.0 Å². The third-order valence-electron chi connectivity index (χ3n) is 1.72. The van der Waals surface area contributed by atoms with E-state index in [-0.39, 0.29) is 29.6 Å². The van der Waals surface area contributed by atoms with E-state index in [1.807, 2.05) is 6.26 Å². The van der Waals surface area contributed by atoms with E-state index in [0.29, 0.717) is 5.75 Å². The van der Waals surface area contributed by atoms with Crippen LogP contribution >= 0.6 is 11.8 Å². The molecule has 0 bridgehead atoms. The molecule has 17 heavy (non-hydrogen) atoms. The van der Waals surface area contributed by atoms with Crippen molar-refractivity contribution in [3.63, 3.8) is 0 Å². The van der Waals surface area contributed by atoms with Crippen molar-refractivity contribution in [3.8, 4) is 0 Å². The van der Waals surface area contributed by atoms with Crippen LogP contribution in [-0.2, 0) is 26.4 Å². The maximum Gasteiger partial charge on any atom is 2.00 e. The van der Waals surface area contributed by atoms with Crippen LogP contribution in [0.1, 0.15) is 19.3 Å². The fourth-order valence-electron chi connectivity index (χ4n) is 0.920. The molecule has 0 aliphatic heterocycles. The fraction of sp³-hybridized carbons (Fsp3) is 0.667. The summed E-state index contributed by atoms with van der Waals surface area (Å²) in [5.74, 6) is -2.65. The smallest absolute Gasteiger partial charge is 0.862 e. The molecule has 99 valence electrons. The topological polar surface area (TPSA) is 113 Å². The van der Waals surface area contributed by atoms with Crippen molar-refractivity contribution >= 4 is 29.6 Å². The van der Waals surface area contributed by atoms with Crippen LogP contribution < -0.4 is 10.2 Å². The van der Waals surface area contributed by atoms with Crippen molar-refractivity contribution in [2.24, 2.45) is 4.99 Å². The normalized spacial score (nSPS) is 12.6. The minimum Gasteiger partial charge on any atom is -0.862 e. The van der Waals surface area contributed by atoms with E-state index >= 15 is 0 Å². The van der Waals surface area contributed by atoms with Gasteiger partial charge in [-0.05, 0) is 37.2 Å². The Balaban J connectivity index is 0. The summed E-state index contributed by atoms with van der Waals surface area (Å²) >= 11 is 1.45. The Bertz CT molecular complexity index is 285. The summed E-state index contributed by atoms with van der Waals surface area (Å²) in [6.07, 6.45) is 1.33. The van der Waals surface area contributed by atoms with Crippen LogP contribution in [0.2, 0.25) is 0 Å². The van der Waals surface area contributed by atoms with Gasteiger partial charge in [0.05, 0.1) is 0 Å². The molecule has 0 aliphatic rings. The number of aliphatic carboxylic acids is 2. The first-order chi connectivity index (χ1) is 7.47. The summed E-state index contributed by atoms with van der Waals surface area (Å²) in [5.41, 5.74) is 0. The van der Waals surface area contributed by atoms with Crippen LogP contribution in [0.3, 0.4) is 0 Å². The summed E-state index contributed by atoms with van der Waals surface area (Å²) in [6.45, 7) is 0. The monoisotopic (exact) mass is 306 g/mol. The molecule has 0 heterocycles.